The number of nitrogens with two attached hydrogens (primary N) is 1. The van der Waals surface area contributed by atoms with E-state index < -0.39 is 29.7 Å². The van der Waals surface area contributed by atoms with E-state index in [0.717, 1.165) is 11.3 Å². The van der Waals surface area contributed by atoms with E-state index >= 15 is 0 Å². The number of amides is 2. The second kappa shape index (κ2) is 8.39. The maximum Gasteiger partial charge on any atom is 0.306 e. The zero-order valence-corrected chi connectivity index (χ0v) is 14.3. The standard InChI is InChI=1S/C17H17FN2O4S/c1-10(16(23)20-17-12(15(19)22)8-9-25-17)24-14(21)7-6-11-4-2-3-5-13(11)18/h2-5,8-10H,6-7H2,1H3,(H2,19,22)(H,20,23)/t10-/m1/s1. The smallest absolute Gasteiger partial charge is 0.306 e. The number of esters is 1. The predicted octanol–water partition coefficient (Wildman–Crippen LogP) is 2.49. The Morgan fingerprint density at radius 1 is 1.28 bits per heavy atom. The number of thiophene rings is 1. The van der Waals surface area contributed by atoms with E-state index in [-0.39, 0.29) is 18.4 Å². The van der Waals surface area contributed by atoms with Gasteiger partial charge in [0.2, 0.25) is 0 Å². The van der Waals surface area contributed by atoms with Crippen molar-refractivity contribution in [1.29, 1.82) is 0 Å². The molecule has 0 bridgehead atoms. The summed E-state index contributed by atoms with van der Waals surface area (Å²) in [5.74, 6) is -2.25. The van der Waals surface area contributed by atoms with Gasteiger partial charge in [0.05, 0.1) is 5.56 Å². The summed E-state index contributed by atoms with van der Waals surface area (Å²) in [6.45, 7) is 1.41. The maximum absolute atomic E-state index is 13.5. The van der Waals surface area contributed by atoms with Gasteiger partial charge >= 0.3 is 5.97 Å². The molecular weight excluding hydrogens is 347 g/mol. The first-order valence-corrected chi connectivity index (χ1v) is 8.37. The van der Waals surface area contributed by atoms with Crippen molar-refractivity contribution in [2.24, 2.45) is 5.73 Å². The van der Waals surface area contributed by atoms with Crippen molar-refractivity contribution in [1.82, 2.24) is 0 Å². The molecule has 0 aliphatic heterocycles. The average Bonchev–Trinajstić information content (AvgIpc) is 3.02. The molecule has 0 saturated carbocycles. The Bertz CT molecular complexity index is 790. The summed E-state index contributed by atoms with van der Waals surface area (Å²) >= 11 is 1.14. The van der Waals surface area contributed by atoms with E-state index in [1.54, 1.807) is 23.6 Å². The van der Waals surface area contributed by atoms with Crippen LogP contribution in [0.2, 0.25) is 0 Å². The molecule has 25 heavy (non-hydrogen) atoms. The summed E-state index contributed by atoms with van der Waals surface area (Å²) < 4.78 is 18.5. The third-order valence-electron chi connectivity index (χ3n) is 3.40. The van der Waals surface area contributed by atoms with Crippen molar-refractivity contribution in [3.63, 3.8) is 0 Å². The van der Waals surface area contributed by atoms with Crippen LogP contribution in [0, 0.1) is 5.82 Å². The van der Waals surface area contributed by atoms with Gasteiger partial charge in [-0.2, -0.15) is 0 Å². The summed E-state index contributed by atoms with van der Waals surface area (Å²) in [5, 5.41) is 4.41. The van der Waals surface area contributed by atoms with Crippen molar-refractivity contribution in [3.8, 4) is 0 Å². The van der Waals surface area contributed by atoms with Gasteiger partial charge in [-0.15, -0.1) is 11.3 Å². The van der Waals surface area contributed by atoms with Crippen molar-refractivity contribution >= 4 is 34.1 Å². The van der Waals surface area contributed by atoms with Crippen LogP contribution >= 0.6 is 11.3 Å². The molecule has 132 valence electrons. The van der Waals surface area contributed by atoms with Gasteiger partial charge in [-0.1, -0.05) is 18.2 Å². The van der Waals surface area contributed by atoms with Gasteiger partial charge < -0.3 is 15.8 Å². The zero-order valence-electron chi connectivity index (χ0n) is 13.5. The largest absolute Gasteiger partial charge is 0.453 e. The van der Waals surface area contributed by atoms with Gasteiger partial charge in [0.15, 0.2) is 6.10 Å². The summed E-state index contributed by atoms with van der Waals surface area (Å²) in [6, 6.07) is 7.63. The number of nitrogens with one attached hydrogen (secondary N) is 1. The molecule has 1 aromatic heterocycles. The van der Waals surface area contributed by atoms with Crippen LogP contribution in [-0.2, 0) is 20.7 Å². The minimum Gasteiger partial charge on any atom is -0.453 e. The molecule has 2 amide bonds. The Hall–Kier alpha value is -2.74. The van der Waals surface area contributed by atoms with Crippen molar-refractivity contribution in [2.75, 3.05) is 5.32 Å². The Morgan fingerprint density at radius 3 is 2.68 bits per heavy atom. The number of halogens is 1. The SMILES string of the molecule is C[C@@H](OC(=O)CCc1ccccc1F)C(=O)Nc1sccc1C(N)=O. The van der Waals surface area contributed by atoms with E-state index in [1.807, 2.05) is 0 Å². The predicted molar refractivity (Wildman–Crippen MR) is 91.7 cm³/mol. The van der Waals surface area contributed by atoms with Crippen molar-refractivity contribution < 1.29 is 23.5 Å². The number of rotatable bonds is 7. The molecule has 0 unspecified atom stereocenters. The molecule has 2 rings (SSSR count). The number of primary amides is 1. The van der Waals surface area contributed by atoms with Gasteiger partial charge in [-0.25, -0.2) is 4.39 Å². The first kappa shape index (κ1) is 18.6. The van der Waals surface area contributed by atoms with Crippen LogP contribution < -0.4 is 11.1 Å². The topological polar surface area (TPSA) is 98.5 Å². The highest BCUT2D eigenvalue weighted by atomic mass is 32.1. The van der Waals surface area contributed by atoms with E-state index in [0.29, 0.717) is 10.6 Å². The number of aryl methyl sites for hydroxylation is 1. The number of benzene rings is 1. The highest BCUT2D eigenvalue weighted by Gasteiger charge is 2.20. The summed E-state index contributed by atoms with van der Waals surface area (Å²) in [6.07, 6.45) is -0.934. The molecule has 0 aliphatic carbocycles. The average molecular weight is 364 g/mol. The number of carbonyl (C=O) groups is 3. The summed E-state index contributed by atoms with van der Waals surface area (Å²) in [4.78, 5) is 35.1. The van der Waals surface area contributed by atoms with Crippen LogP contribution in [-0.4, -0.2) is 23.9 Å². The van der Waals surface area contributed by atoms with Crippen LogP contribution in [0.25, 0.3) is 0 Å². The quantitative estimate of drug-likeness (QED) is 0.738. The van der Waals surface area contributed by atoms with Gasteiger partial charge in [-0.3, -0.25) is 14.4 Å². The van der Waals surface area contributed by atoms with Gasteiger partial charge in [0.25, 0.3) is 11.8 Å². The molecule has 0 saturated heterocycles. The molecule has 2 aromatic rings. The van der Waals surface area contributed by atoms with Crippen molar-refractivity contribution in [2.45, 2.75) is 25.9 Å². The van der Waals surface area contributed by atoms with E-state index in [1.165, 1.54) is 19.1 Å². The summed E-state index contributed by atoms with van der Waals surface area (Å²) in [5.41, 5.74) is 5.79. The molecule has 0 fully saturated rings. The Kier molecular flexibility index (Phi) is 6.24. The molecule has 8 heteroatoms. The molecule has 6 nitrogen and oxygen atoms in total. The number of carbonyl (C=O) groups excluding carboxylic acids is 3. The van der Waals surface area contributed by atoms with Crippen LogP contribution in [0.4, 0.5) is 9.39 Å². The molecule has 1 atom stereocenters. The van der Waals surface area contributed by atoms with Gasteiger partial charge in [-0.05, 0) is 36.4 Å². The Morgan fingerprint density at radius 2 is 2.00 bits per heavy atom. The van der Waals surface area contributed by atoms with E-state index in [9.17, 15) is 18.8 Å². The highest BCUT2D eigenvalue weighted by Crippen LogP contribution is 2.23. The highest BCUT2D eigenvalue weighted by molar-refractivity contribution is 7.14. The number of anilines is 1. The van der Waals surface area contributed by atoms with Gasteiger partial charge in [0, 0.05) is 6.42 Å². The lowest BCUT2D eigenvalue weighted by Gasteiger charge is -2.13. The minimum atomic E-state index is -1.06. The lowest BCUT2D eigenvalue weighted by molar-refractivity contribution is -0.153. The molecule has 3 N–H and O–H groups in total. The fraction of sp³-hybridized carbons (Fsp3) is 0.235. The van der Waals surface area contributed by atoms with E-state index in [4.69, 9.17) is 10.5 Å². The maximum atomic E-state index is 13.5. The van der Waals surface area contributed by atoms with Gasteiger partial charge in [0.1, 0.15) is 10.8 Å². The van der Waals surface area contributed by atoms with Crippen molar-refractivity contribution in [3.05, 3.63) is 52.7 Å². The lowest BCUT2D eigenvalue weighted by Crippen LogP contribution is -2.30. The second-order valence-corrected chi connectivity index (χ2v) is 6.16. The first-order valence-electron chi connectivity index (χ1n) is 7.49. The normalized spacial score (nSPS) is 11.6. The molecular formula is C17H17FN2O4S. The third-order valence-corrected chi connectivity index (χ3v) is 4.23. The Balaban J connectivity index is 1.86. The van der Waals surface area contributed by atoms with Crippen LogP contribution in [0.5, 0.6) is 0 Å². The number of ether oxygens (including phenoxy) is 1. The van der Waals surface area contributed by atoms with E-state index in [2.05, 4.69) is 5.32 Å². The number of hydrogen-bond donors (Lipinski definition) is 2. The zero-order chi connectivity index (χ0) is 18.4. The minimum absolute atomic E-state index is 0.0515. The monoisotopic (exact) mass is 364 g/mol. The van der Waals surface area contributed by atoms with Crippen LogP contribution in [0.3, 0.4) is 0 Å². The molecule has 0 spiro atoms. The lowest BCUT2D eigenvalue weighted by atomic mass is 10.1. The molecule has 0 radical (unpaired) electrons. The van der Waals surface area contributed by atoms with Crippen LogP contribution in [0.1, 0.15) is 29.3 Å². The fourth-order valence-corrected chi connectivity index (χ4v) is 2.86. The molecule has 0 aliphatic rings. The Labute approximate surface area is 147 Å². The second-order valence-electron chi connectivity index (χ2n) is 5.24. The number of hydrogen-bond acceptors (Lipinski definition) is 5. The molecule has 1 heterocycles. The summed E-state index contributed by atoms with van der Waals surface area (Å²) in [7, 11) is 0. The third kappa shape index (κ3) is 5.12. The fourth-order valence-electron chi connectivity index (χ4n) is 2.06. The first-order chi connectivity index (χ1) is 11.9. The molecule has 1 aromatic carbocycles. The van der Waals surface area contributed by atoms with Crippen LogP contribution in [0.15, 0.2) is 35.7 Å².